The molecule has 0 bridgehead atoms. The quantitative estimate of drug-likeness (QED) is 0.596. The van der Waals surface area contributed by atoms with Crippen molar-refractivity contribution in [3.05, 3.63) is 58.2 Å². The fourth-order valence-electron chi connectivity index (χ4n) is 3.58. The van der Waals surface area contributed by atoms with Crippen LogP contribution in [0, 0.1) is 13.8 Å². The number of allylic oxidation sites excluding steroid dienone is 2. The molecule has 1 aromatic rings. The summed E-state index contributed by atoms with van der Waals surface area (Å²) >= 11 is 0. The summed E-state index contributed by atoms with van der Waals surface area (Å²) in [6.07, 6.45) is 7.87. The maximum atomic E-state index is 9.98. The van der Waals surface area contributed by atoms with Crippen LogP contribution in [0.2, 0.25) is 6.32 Å². The Hall–Kier alpha value is -1.82. The normalized spacial score (nSPS) is 17.8. The average molecular weight is 370 g/mol. The summed E-state index contributed by atoms with van der Waals surface area (Å²) in [7, 11) is -0.800. The molecule has 2 rings (SSSR count). The number of phenolic OH excluding ortho intramolecular Hbond substituents is 1. The molecule has 0 spiro atoms. The third kappa shape index (κ3) is 5.83. The maximum Gasteiger partial charge on any atom is 0.458 e. The van der Waals surface area contributed by atoms with Crippen LogP contribution >= 0.6 is 0 Å². The smallest absolute Gasteiger partial charge is 0.458 e. The van der Waals surface area contributed by atoms with Gasteiger partial charge in [-0.2, -0.15) is 0 Å². The van der Waals surface area contributed by atoms with Crippen molar-refractivity contribution in [1.82, 2.24) is 0 Å². The summed E-state index contributed by atoms with van der Waals surface area (Å²) in [6.45, 7) is 9.78. The van der Waals surface area contributed by atoms with Crippen molar-refractivity contribution in [3.8, 4) is 5.75 Å². The van der Waals surface area contributed by atoms with Gasteiger partial charge in [-0.25, -0.2) is 0 Å². The second kappa shape index (κ2) is 9.93. The Morgan fingerprint density at radius 3 is 2.56 bits per heavy atom. The predicted octanol–water partition coefficient (Wildman–Crippen LogP) is 4.33. The van der Waals surface area contributed by atoms with Crippen molar-refractivity contribution >= 4 is 13.2 Å². The predicted molar refractivity (Wildman–Crippen MR) is 112 cm³/mol. The van der Waals surface area contributed by atoms with Gasteiger partial charge in [-0.3, -0.25) is 0 Å². The van der Waals surface area contributed by atoms with Crippen LogP contribution in [0.1, 0.15) is 49.3 Å². The van der Waals surface area contributed by atoms with Crippen LogP contribution in [0.4, 0.5) is 0 Å². The van der Waals surface area contributed by atoms with E-state index in [-0.39, 0.29) is 12.7 Å². The van der Waals surface area contributed by atoms with Crippen LogP contribution in [0.3, 0.4) is 0 Å². The van der Waals surface area contributed by atoms with Crippen LogP contribution in [0.25, 0.3) is 6.08 Å². The highest BCUT2D eigenvalue weighted by Gasteiger charge is 2.28. The molecule has 0 amide bonds. The van der Waals surface area contributed by atoms with Gasteiger partial charge in [0.25, 0.3) is 0 Å². The summed E-state index contributed by atoms with van der Waals surface area (Å²) in [5.41, 5.74) is 5.69. The van der Waals surface area contributed by atoms with Crippen molar-refractivity contribution in [3.63, 3.8) is 0 Å². The standard InChI is InChI=1S/C22H31BO4/c1-5-6-18(13-19-11-15(2)22(25)16(3)12-19)7-8-21-20(17(4)14-24)9-10-23(26)27-21/h9,11-13,21,24-26H,4-8,10,14H2,1-3H3/b18-13+. The molecule has 1 aromatic carbocycles. The molecule has 1 atom stereocenters. The van der Waals surface area contributed by atoms with E-state index >= 15 is 0 Å². The average Bonchev–Trinajstić information content (AvgIpc) is 2.63. The van der Waals surface area contributed by atoms with Crippen LogP contribution in [0.15, 0.2) is 41.5 Å². The minimum Gasteiger partial charge on any atom is -0.507 e. The van der Waals surface area contributed by atoms with Crippen molar-refractivity contribution < 1.29 is 19.9 Å². The first-order valence-electron chi connectivity index (χ1n) is 9.67. The molecule has 27 heavy (non-hydrogen) atoms. The molecule has 0 fully saturated rings. The second-order valence-electron chi connectivity index (χ2n) is 7.33. The van der Waals surface area contributed by atoms with Gasteiger partial charge in [-0.1, -0.05) is 37.6 Å². The minimum absolute atomic E-state index is 0.106. The zero-order valence-electron chi connectivity index (χ0n) is 16.7. The lowest BCUT2D eigenvalue weighted by atomic mass is 9.78. The molecular weight excluding hydrogens is 339 g/mol. The number of rotatable bonds is 8. The minimum atomic E-state index is -0.800. The topological polar surface area (TPSA) is 69.9 Å². The molecule has 0 saturated heterocycles. The molecule has 0 aromatic heterocycles. The summed E-state index contributed by atoms with van der Waals surface area (Å²) in [5.74, 6) is 0.353. The Morgan fingerprint density at radius 1 is 1.30 bits per heavy atom. The van der Waals surface area contributed by atoms with Gasteiger partial charge in [0.2, 0.25) is 0 Å². The molecule has 0 aliphatic carbocycles. The van der Waals surface area contributed by atoms with Crippen LogP contribution in [-0.2, 0) is 4.65 Å². The summed E-state index contributed by atoms with van der Waals surface area (Å²) in [5, 5.41) is 29.2. The molecule has 146 valence electrons. The van der Waals surface area contributed by atoms with Crippen LogP contribution in [0.5, 0.6) is 5.75 Å². The largest absolute Gasteiger partial charge is 0.507 e. The molecule has 5 heteroatoms. The van der Waals surface area contributed by atoms with Gasteiger partial charge in [-0.15, -0.1) is 0 Å². The zero-order valence-corrected chi connectivity index (χ0v) is 16.7. The Balaban J connectivity index is 2.17. The van der Waals surface area contributed by atoms with E-state index in [0.717, 1.165) is 47.9 Å². The maximum absolute atomic E-state index is 9.98. The first kappa shape index (κ1) is 21.5. The fourth-order valence-corrected chi connectivity index (χ4v) is 3.58. The number of hydrogen-bond acceptors (Lipinski definition) is 4. The molecule has 1 aliphatic heterocycles. The Kier molecular flexibility index (Phi) is 7.90. The zero-order chi connectivity index (χ0) is 20.0. The first-order chi connectivity index (χ1) is 12.8. The molecule has 1 unspecified atom stereocenters. The Bertz CT molecular complexity index is 713. The highest BCUT2D eigenvalue weighted by molar-refractivity contribution is 6.43. The number of aliphatic hydroxyl groups excluding tert-OH is 1. The molecule has 1 heterocycles. The lowest BCUT2D eigenvalue weighted by Gasteiger charge is -2.28. The van der Waals surface area contributed by atoms with E-state index in [0.29, 0.717) is 17.6 Å². The molecular formula is C22H31BO4. The Labute approximate surface area is 163 Å². The van der Waals surface area contributed by atoms with Gasteiger partial charge in [-0.05, 0) is 73.1 Å². The second-order valence-corrected chi connectivity index (χ2v) is 7.33. The Morgan fingerprint density at radius 2 is 1.96 bits per heavy atom. The lowest BCUT2D eigenvalue weighted by Crippen LogP contribution is -2.32. The van der Waals surface area contributed by atoms with Crippen molar-refractivity contribution in [2.75, 3.05) is 6.61 Å². The van der Waals surface area contributed by atoms with Crippen molar-refractivity contribution in [2.24, 2.45) is 0 Å². The molecule has 1 aliphatic rings. The van der Waals surface area contributed by atoms with Gasteiger partial charge in [0.05, 0.1) is 12.7 Å². The van der Waals surface area contributed by atoms with E-state index < -0.39 is 7.12 Å². The van der Waals surface area contributed by atoms with Crippen molar-refractivity contribution in [1.29, 1.82) is 0 Å². The molecule has 0 saturated carbocycles. The first-order valence-corrected chi connectivity index (χ1v) is 9.67. The summed E-state index contributed by atoms with van der Waals surface area (Å²) in [4.78, 5) is 0. The fraction of sp³-hybridized carbons (Fsp3) is 0.455. The van der Waals surface area contributed by atoms with Crippen LogP contribution < -0.4 is 0 Å². The van der Waals surface area contributed by atoms with Gasteiger partial charge >= 0.3 is 7.12 Å². The van der Waals surface area contributed by atoms with E-state index in [1.807, 2.05) is 32.1 Å². The van der Waals surface area contributed by atoms with E-state index in [1.54, 1.807) is 0 Å². The summed E-state index contributed by atoms with van der Waals surface area (Å²) < 4.78 is 5.71. The number of phenols is 1. The third-order valence-corrected chi connectivity index (χ3v) is 4.99. The van der Waals surface area contributed by atoms with E-state index in [4.69, 9.17) is 4.65 Å². The van der Waals surface area contributed by atoms with Gasteiger partial charge < -0.3 is 19.9 Å². The molecule has 4 nitrogen and oxygen atoms in total. The number of aromatic hydroxyl groups is 1. The van der Waals surface area contributed by atoms with Gasteiger partial charge in [0, 0.05) is 6.32 Å². The number of aliphatic hydroxyl groups is 1. The number of aryl methyl sites for hydroxylation is 2. The summed E-state index contributed by atoms with van der Waals surface area (Å²) in [6, 6.07) is 4.00. The van der Waals surface area contributed by atoms with Crippen LogP contribution in [-0.4, -0.2) is 35.1 Å². The number of hydrogen-bond donors (Lipinski definition) is 3. The highest BCUT2D eigenvalue weighted by Crippen LogP contribution is 2.29. The SMILES string of the molecule is C=C(CO)C1=CCB(O)OC1CC/C(=C/c1cc(C)c(O)c(C)c1)CCC. The molecule has 0 radical (unpaired) electrons. The van der Waals surface area contributed by atoms with Gasteiger partial charge in [0.15, 0.2) is 0 Å². The third-order valence-electron chi connectivity index (χ3n) is 4.99. The van der Waals surface area contributed by atoms with E-state index in [2.05, 4.69) is 19.6 Å². The van der Waals surface area contributed by atoms with E-state index in [9.17, 15) is 15.2 Å². The van der Waals surface area contributed by atoms with Gasteiger partial charge in [0.1, 0.15) is 5.75 Å². The monoisotopic (exact) mass is 370 g/mol. The number of benzene rings is 1. The van der Waals surface area contributed by atoms with Crippen molar-refractivity contribution in [2.45, 2.75) is 58.9 Å². The lowest BCUT2D eigenvalue weighted by molar-refractivity contribution is 0.180. The highest BCUT2D eigenvalue weighted by atomic mass is 16.5. The molecule has 3 N–H and O–H groups in total. The van der Waals surface area contributed by atoms with E-state index in [1.165, 1.54) is 5.57 Å².